The maximum absolute atomic E-state index is 3.68. The van der Waals surface area contributed by atoms with Gasteiger partial charge in [0.2, 0.25) is 0 Å². The highest BCUT2D eigenvalue weighted by Gasteiger charge is 2.29. The Morgan fingerprint density at radius 3 is 2.07 bits per heavy atom. The van der Waals surface area contributed by atoms with E-state index >= 15 is 0 Å². The topological polar surface area (TPSA) is 15.3 Å². The van der Waals surface area contributed by atoms with Crippen LogP contribution in [-0.2, 0) is 0 Å². The monoisotopic (exact) mass is 212 g/mol. The second-order valence-corrected chi connectivity index (χ2v) is 6.82. The molecule has 0 amide bonds. The highest BCUT2D eigenvalue weighted by molar-refractivity contribution is 4.87. The van der Waals surface area contributed by atoms with Crippen LogP contribution in [0.2, 0.25) is 0 Å². The number of hydrogen-bond acceptors (Lipinski definition) is 2. The van der Waals surface area contributed by atoms with Crippen molar-refractivity contribution in [2.24, 2.45) is 5.41 Å². The first-order chi connectivity index (χ1) is 6.71. The van der Waals surface area contributed by atoms with Gasteiger partial charge in [-0.15, -0.1) is 0 Å². The molecule has 0 aliphatic carbocycles. The molecule has 0 saturated carbocycles. The molecule has 1 unspecified atom stereocenters. The molecule has 90 valence electrons. The third-order valence-electron chi connectivity index (χ3n) is 3.45. The molecule has 2 nitrogen and oxygen atoms in total. The molecule has 0 spiro atoms. The lowest BCUT2D eigenvalue weighted by molar-refractivity contribution is 0.143. The molecule has 0 aromatic heterocycles. The summed E-state index contributed by atoms with van der Waals surface area (Å²) in [7, 11) is 0. The maximum Gasteiger partial charge on any atom is 0.0128 e. The smallest absolute Gasteiger partial charge is 0.0128 e. The van der Waals surface area contributed by atoms with Crippen LogP contribution in [0.4, 0.5) is 0 Å². The zero-order valence-corrected chi connectivity index (χ0v) is 11.4. The van der Waals surface area contributed by atoms with E-state index < -0.39 is 0 Å². The highest BCUT2D eigenvalue weighted by Crippen LogP contribution is 2.25. The van der Waals surface area contributed by atoms with Gasteiger partial charge in [-0.3, -0.25) is 4.90 Å². The van der Waals surface area contributed by atoms with Crippen molar-refractivity contribution < 1.29 is 0 Å². The van der Waals surface area contributed by atoms with E-state index in [1.807, 2.05) is 0 Å². The van der Waals surface area contributed by atoms with Crippen molar-refractivity contribution in [3.05, 3.63) is 0 Å². The molecule has 2 heteroatoms. The Bertz CT molecular complexity index is 176. The molecule has 1 rings (SSSR count). The van der Waals surface area contributed by atoms with Gasteiger partial charge in [-0.2, -0.15) is 0 Å². The molecule has 0 aromatic carbocycles. The quantitative estimate of drug-likeness (QED) is 0.664. The van der Waals surface area contributed by atoms with Crippen LogP contribution < -0.4 is 5.32 Å². The minimum atomic E-state index is 0.314. The molecule has 1 fully saturated rings. The average Bonchev–Trinajstić information content (AvgIpc) is 2.24. The van der Waals surface area contributed by atoms with Crippen LogP contribution >= 0.6 is 0 Å². The number of hydrogen-bond donors (Lipinski definition) is 1. The first-order valence-electron chi connectivity index (χ1n) is 6.20. The van der Waals surface area contributed by atoms with Crippen molar-refractivity contribution in [3.63, 3.8) is 0 Å². The summed E-state index contributed by atoms with van der Waals surface area (Å²) in [5, 5.41) is 3.68. The second kappa shape index (κ2) is 4.42. The molecule has 15 heavy (non-hydrogen) atoms. The van der Waals surface area contributed by atoms with Crippen molar-refractivity contribution in [2.45, 2.75) is 59.5 Å². The van der Waals surface area contributed by atoms with Gasteiger partial charge >= 0.3 is 0 Å². The lowest BCUT2D eigenvalue weighted by Crippen LogP contribution is -2.43. The molecule has 0 aromatic rings. The maximum atomic E-state index is 3.68. The number of rotatable bonds is 0. The van der Waals surface area contributed by atoms with Crippen LogP contribution in [0.3, 0.4) is 0 Å². The predicted molar refractivity (Wildman–Crippen MR) is 67.2 cm³/mol. The Morgan fingerprint density at radius 2 is 1.60 bits per heavy atom. The van der Waals surface area contributed by atoms with Crippen LogP contribution in [0, 0.1) is 5.41 Å². The largest absolute Gasteiger partial charge is 0.312 e. The van der Waals surface area contributed by atoms with Crippen molar-refractivity contribution in [1.82, 2.24) is 10.2 Å². The van der Waals surface area contributed by atoms with Gasteiger partial charge < -0.3 is 5.32 Å². The first kappa shape index (κ1) is 13.0. The molecular weight excluding hydrogens is 184 g/mol. The Morgan fingerprint density at radius 1 is 1.00 bits per heavy atom. The lowest BCUT2D eigenvalue weighted by Gasteiger charge is -2.35. The summed E-state index contributed by atoms with van der Waals surface area (Å²) in [6, 6.07) is 0.657. The van der Waals surface area contributed by atoms with Crippen LogP contribution in [0.1, 0.15) is 48.0 Å². The van der Waals surface area contributed by atoms with Gasteiger partial charge in [0.05, 0.1) is 0 Å². The summed E-state index contributed by atoms with van der Waals surface area (Å²) < 4.78 is 0. The Hall–Kier alpha value is -0.0800. The van der Waals surface area contributed by atoms with E-state index in [0.717, 1.165) is 6.54 Å². The normalized spacial score (nSPS) is 26.4. The van der Waals surface area contributed by atoms with E-state index in [1.165, 1.54) is 19.5 Å². The van der Waals surface area contributed by atoms with Crippen LogP contribution in [0.15, 0.2) is 0 Å². The lowest BCUT2D eigenvalue weighted by atomic mass is 9.85. The highest BCUT2D eigenvalue weighted by atomic mass is 15.2. The van der Waals surface area contributed by atoms with E-state index in [9.17, 15) is 0 Å². The fraction of sp³-hybridized carbons (Fsp3) is 1.00. The summed E-state index contributed by atoms with van der Waals surface area (Å²) in [5.74, 6) is 0. The molecule has 0 bridgehead atoms. The summed E-state index contributed by atoms with van der Waals surface area (Å²) in [5.41, 5.74) is 0.697. The molecule has 1 heterocycles. The molecule has 1 atom stereocenters. The predicted octanol–water partition coefficient (Wildman–Crippen LogP) is 2.49. The van der Waals surface area contributed by atoms with E-state index in [0.29, 0.717) is 17.0 Å². The SMILES string of the molecule is CC(C)(C)C1CCN(C(C)(C)C)CCN1. The number of nitrogens with zero attached hydrogens (tertiary/aromatic N) is 1. The fourth-order valence-corrected chi connectivity index (χ4v) is 2.28. The Kier molecular flexibility index (Phi) is 3.83. The van der Waals surface area contributed by atoms with Gasteiger partial charge in [0.25, 0.3) is 0 Å². The molecule has 1 aliphatic heterocycles. The van der Waals surface area contributed by atoms with Gasteiger partial charge in [-0.1, -0.05) is 20.8 Å². The van der Waals surface area contributed by atoms with Crippen molar-refractivity contribution in [1.29, 1.82) is 0 Å². The second-order valence-electron chi connectivity index (χ2n) is 6.82. The minimum absolute atomic E-state index is 0.314. The van der Waals surface area contributed by atoms with Crippen molar-refractivity contribution in [3.8, 4) is 0 Å². The zero-order chi connectivity index (χ0) is 11.7. The van der Waals surface area contributed by atoms with Crippen molar-refractivity contribution in [2.75, 3.05) is 19.6 Å². The summed E-state index contributed by atoms with van der Waals surface area (Å²) in [6.45, 7) is 17.4. The van der Waals surface area contributed by atoms with Gasteiger partial charge in [0, 0.05) is 31.2 Å². The Balaban J connectivity index is 2.57. The fourth-order valence-electron chi connectivity index (χ4n) is 2.28. The third-order valence-corrected chi connectivity index (χ3v) is 3.45. The van der Waals surface area contributed by atoms with Gasteiger partial charge in [-0.05, 0) is 32.6 Å². The number of nitrogens with one attached hydrogen (secondary N) is 1. The van der Waals surface area contributed by atoms with Crippen LogP contribution in [0.25, 0.3) is 0 Å². The van der Waals surface area contributed by atoms with Gasteiger partial charge in [-0.25, -0.2) is 0 Å². The molecule has 0 radical (unpaired) electrons. The van der Waals surface area contributed by atoms with Gasteiger partial charge in [0.15, 0.2) is 0 Å². The van der Waals surface area contributed by atoms with Gasteiger partial charge in [0.1, 0.15) is 0 Å². The minimum Gasteiger partial charge on any atom is -0.312 e. The summed E-state index contributed by atoms with van der Waals surface area (Å²) >= 11 is 0. The molecule has 1 aliphatic rings. The van der Waals surface area contributed by atoms with Crippen LogP contribution in [0.5, 0.6) is 0 Å². The molecule has 1 saturated heterocycles. The molecule has 1 N–H and O–H groups in total. The van der Waals surface area contributed by atoms with Crippen LogP contribution in [-0.4, -0.2) is 36.1 Å². The van der Waals surface area contributed by atoms with E-state index in [1.54, 1.807) is 0 Å². The van der Waals surface area contributed by atoms with E-state index in [2.05, 4.69) is 51.8 Å². The summed E-state index contributed by atoms with van der Waals surface area (Å²) in [6.07, 6.45) is 1.26. The first-order valence-corrected chi connectivity index (χ1v) is 6.20. The van der Waals surface area contributed by atoms with E-state index in [4.69, 9.17) is 0 Å². The molecular formula is C13H28N2. The average molecular weight is 212 g/mol. The van der Waals surface area contributed by atoms with E-state index in [-0.39, 0.29) is 0 Å². The standard InChI is InChI=1S/C13H28N2/c1-12(2,3)11-7-9-15(10-8-14-11)13(4,5)6/h11,14H,7-10H2,1-6H3. The Labute approximate surface area is 95.4 Å². The summed E-state index contributed by atoms with van der Waals surface area (Å²) in [4.78, 5) is 2.59. The zero-order valence-electron chi connectivity index (χ0n) is 11.4. The van der Waals surface area contributed by atoms with Crippen molar-refractivity contribution >= 4 is 0 Å². The third kappa shape index (κ3) is 3.76.